The molecule has 1 atom stereocenters. The summed E-state index contributed by atoms with van der Waals surface area (Å²) < 4.78 is 30.6. The van der Waals surface area contributed by atoms with Crippen LogP contribution in [0.1, 0.15) is 41.7 Å². The van der Waals surface area contributed by atoms with Crippen molar-refractivity contribution in [1.82, 2.24) is 10.2 Å². The number of hydrogen-bond acceptors (Lipinski definition) is 4. The molecule has 0 spiro atoms. The van der Waals surface area contributed by atoms with E-state index in [-0.39, 0.29) is 29.8 Å². The molecule has 45 heavy (non-hydrogen) atoms. The molecule has 0 saturated heterocycles. The zero-order chi connectivity index (χ0) is 32.7. The molecule has 2 amide bonds. The molecule has 1 N–H and O–H groups in total. The maximum absolute atomic E-state index is 14.6. The van der Waals surface area contributed by atoms with Crippen LogP contribution >= 0.6 is 15.9 Å². The third-order valence-corrected chi connectivity index (χ3v) is 9.73. The minimum atomic E-state index is -4.16. The second-order valence-electron chi connectivity index (χ2n) is 11.6. The van der Waals surface area contributed by atoms with Crippen molar-refractivity contribution in [2.24, 2.45) is 0 Å². The van der Waals surface area contributed by atoms with Gasteiger partial charge in [-0.3, -0.25) is 13.9 Å². The van der Waals surface area contributed by atoms with E-state index in [1.54, 1.807) is 30.3 Å². The lowest BCUT2D eigenvalue weighted by atomic mass is 10.0. The number of amides is 2. The van der Waals surface area contributed by atoms with Gasteiger partial charge in [0.15, 0.2) is 0 Å². The molecule has 0 aliphatic carbocycles. The lowest BCUT2D eigenvalue weighted by Crippen LogP contribution is -2.54. The van der Waals surface area contributed by atoms with Crippen molar-refractivity contribution in [3.63, 3.8) is 0 Å². The summed E-state index contributed by atoms with van der Waals surface area (Å²) >= 11 is 3.51. The number of carbonyl (C=O) groups is 2. The number of carbonyl (C=O) groups excluding carboxylic acids is 2. The number of aryl methyl sites for hydroxylation is 3. The standard InChI is InChI=1S/C36H40BrN3O4S/c1-25(2)38-36(42)34(22-29-10-7-6-8-11-29)39(23-30-12-9-13-31(37)21-30)35(41)24-40(33-20-27(4)14-17-28(33)5)45(43,44)32-18-15-26(3)16-19-32/h6-21,25,34H,22-24H2,1-5H3,(H,38,42)/t34-/m0/s1. The summed E-state index contributed by atoms with van der Waals surface area (Å²) in [5, 5.41) is 2.98. The molecule has 0 aromatic heterocycles. The van der Waals surface area contributed by atoms with Crippen LogP contribution in [0.2, 0.25) is 0 Å². The zero-order valence-electron chi connectivity index (χ0n) is 26.3. The van der Waals surface area contributed by atoms with E-state index in [2.05, 4.69) is 21.2 Å². The third-order valence-electron chi connectivity index (χ3n) is 7.47. The number of anilines is 1. The van der Waals surface area contributed by atoms with Gasteiger partial charge in [-0.2, -0.15) is 0 Å². The topological polar surface area (TPSA) is 86.8 Å². The SMILES string of the molecule is Cc1ccc(S(=O)(=O)N(CC(=O)N(Cc2cccc(Br)c2)[C@@H](Cc2ccccc2)C(=O)NC(C)C)c2cc(C)ccc2C)cc1. The first-order chi connectivity index (χ1) is 21.3. The highest BCUT2D eigenvalue weighted by Crippen LogP contribution is 2.29. The van der Waals surface area contributed by atoms with Crippen LogP contribution in [-0.2, 0) is 32.6 Å². The van der Waals surface area contributed by atoms with E-state index in [0.29, 0.717) is 11.3 Å². The number of hydrogen-bond donors (Lipinski definition) is 1. The van der Waals surface area contributed by atoms with Gasteiger partial charge < -0.3 is 10.2 Å². The summed E-state index contributed by atoms with van der Waals surface area (Å²) in [5.74, 6) is -0.803. The highest BCUT2D eigenvalue weighted by atomic mass is 79.9. The smallest absolute Gasteiger partial charge is 0.264 e. The molecule has 0 unspecified atom stereocenters. The summed E-state index contributed by atoms with van der Waals surface area (Å²) in [6.45, 7) is 8.94. The summed E-state index contributed by atoms with van der Waals surface area (Å²) in [4.78, 5) is 30.0. The van der Waals surface area contributed by atoms with Crippen LogP contribution < -0.4 is 9.62 Å². The van der Waals surface area contributed by atoms with Gasteiger partial charge in [-0.25, -0.2) is 8.42 Å². The maximum atomic E-state index is 14.6. The molecular formula is C36H40BrN3O4S. The van der Waals surface area contributed by atoms with Crippen LogP contribution in [0, 0.1) is 20.8 Å². The molecule has 9 heteroatoms. The van der Waals surface area contributed by atoms with Gasteiger partial charge in [-0.05, 0) is 87.2 Å². The van der Waals surface area contributed by atoms with Crippen molar-refractivity contribution in [1.29, 1.82) is 0 Å². The number of nitrogens with one attached hydrogen (secondary N) is 1. The van der Waals surface area contributed by atoms with Crippen molar-refractivity contribution >= 4 is 43.5 Å². The molecule has 4 aromatic rings. The first kappa shape index (κ1) is 33.9. The van der Waals surface area contributed by atoms with E-state index < -0.39 is 28.5 Å². The summed E-state index contributed by atoms with van der Waals surface area (Å²) in [7, 11) is -4.16. The van der Waals surface area contributed by atoms with E-state index in [1.165, 1.54) is 9.21 Å². The fraction of sp³-hybridized carbons (Fsp3) is 0.278. The number of rotatable bonds is 12. The largest absolute Gasteiger partial charge is 0.352 e. The zero-order valence-corrected chi connectivity index (χ0v) is 28.7. The summed E-state index contributed by atoms with van der Waals surface area (Å²) in [5.41, 5.74) is 4.58. The molecule has 0 aliphatic rings. The number of benzene rings is 4. The second-order valence-corrected chi connectivity index (χ2v) is 14.4. The molecule has 0 radical (unpaired) electrons. The van der Waals surface area contributed by atoms with Gasteiger partial charge in [0.1, 0.15) is 12.6 Å². The average molecular weight is 691 g/mol. The van der Waals surface area contributed by atoms with Crippen molar-refractivity contribution in [3.8, 4) is 0 Å². The summed E-state index contributed by atoms with van der Waals surface area (Å²) in [6, 6.07) is 28.1. The molecule has 0 aliphatic heterocycles. The van der Waals surface area contributed by atoms with Gasteiger partial charge in [0, 0.05) is 23.5 Å². The molecule has 7 nitrogen and oxygen atoms in total. The summed E-state index contributed by atoms with van der Waals surface area (Å²) in [6.07, 6.45) is 0.257. The van der Waals surface area contributed by atoms with Crippen LogP contribution in [-0.4, -0.2) is 43.8 Å². The lowest BCUT2D eigenvalue weighted by Gasteiger charge is -2.34. The Hall–Kier alpha value is -3.95. The predicted molar refractivity (Wildman–Crippen MR) is 184 cm³/mol. The van der Waals surface area contributed by atoms with Crippen LogP contribution in [0.4, 0.5) is 5.69 Å². The van der Waals surface area contributed by atoms with E-state index in [4.69, 9.17) is 0 Å². The molecule has 4 aromatic carbocycles. The van der Waals surface area contributed by atoms with E-state index in [0.717, 1.165) is 26.7 Å². The predicted octanol–water partition coefficient (Wildman–Crippen LogP) is 6.73. The van der Waals surface area contributed by atoms with Crippen molar-refractivity contribution in [2.75, 3.05) is 10.8 Å². The average Bonchev–Trinajstić information content (AvgIpc) is 2.99. The molecule has 236 valence electrons. The minimum Gasteiger partial charge on any atom is -0.352 e. The quantitative estimate of drug-likeness (QED) is 0.179. The third kappa shape index (κ3) is 8.83. The Morgan fingerprint density at radius 2 is 1.44 bits per heavy atom. The number of nitrogens with zero attached hydrogens (tertiary/aromatic N) is 2. The van der Waals surface area contributed by atoms with Gasteiger partial charge in [0.2, 0.25) is 11.8 Å². The lowest BCUT2D eigenvalue weighted by molar-refractivity contribution is -0.140. The monoisotopic (exact) mass is 689 g/mol. The number of sulfonamides is 1. The molecule has 4 rings (SSSR count). The first-order valence-electron chi connectivity index (χ1n) is 14.9. The Morgan fingerprint density at radius 1 is 0.800 bits per heavy atom. The fourth-order valence-electron chi connectivity index (χ4n) is 5.11. The van der Waals surface area contributed by atoms with Crippen LogP contribution in [0.5, 0.6) is 0 Å². The highest BCUT2D eigenvalue weighted by Gasteiger charge is 2.35. The molecule has 0 fully saturated rings. The molecule has 0 saturated carbocycles. The maximum Gasteiger partial charge on any atom is 0.264 e. The Kier molecular flexibility index (Phi) is 11.2. The normalized spacial score (nSPS) is 12.1. The molecule has 0 bridgehead atoms. The second kappa shape index (κ2) is 14.9. The minimum absolute atomic E-state index is 0.0822. The van der Waals surface area contributed by atoms with Gasteiger partial charge in [0.05, 0.1) is 10.6 Å². The molecule has 0 heterocycles. The van der Waals surface area contributed by atoms with Crippen LogP contribution in [0.15, 0.2) is 106 Å². The van der Waals surface area contributed by atoms with E-state index >= 15 is 0 Å². The number of halogens is 1. The first-order valence-corrected chi connectivity index (χ1v) is 17.1. The fourth-order valence-corrected chi connectivity index (χ4v) is 7.02. The van der Waals surface area contributed by atoms with Gasteiger partial charge in [-0.1, -0.05) is 88.2 Å². The Labute approximate surface area is 275 Å². The Bertz CT molecular complexity index is 1740. The van der Waals surface area contributed by atoms with Crippen molar-refractivity contribution < 1.29 is 18.0 Å². The Balaban J connectivity index is 1.84. The van der Waals surface area contributed by atoms with E-state index in [1.807, 2.05) is 101 Å². The molecular weight excluding hydrogens is 650 g/mol. The van der Waals surface area contributed by atoms with Gasteiger partial charge in [0.25, 0.3) is 10.0 Å². The van der Waals surface area contributed by atoms with Crippen molar-refractivity contribution in [3.05, 3.63) is 129 Å². The highest BCUT2D eigenvalue weighted by molar-refractivity contribution is 9.10. The van der Waals surface area contributed by atoms with Gasteiger partial charge in [-0.15, -0.1) is 0 Å². The van der Waals surface area contributed by atoms with Crippen molar-refractivity contribution in [2.45, 2.75) is 64.6 Å². The van der Waals surface area contributed by atoms with E-state index in [9.17, 15) is 18.0 Å². The van der Waals surface area contributed by atoms with Crippen LogP contribution in [0.3, 0.4) is 0 Å². The Morgan fingerprint density at radius 3 is 2.09 bits per heavy atom. The van der Waals surface area contributed by atoms with Gasteiger partial charge >= 0.3 is 0 Å². The van der Waals surface area contributed by atoms with Crippen LogP contribution in [0.25, 0.3) is 0 Å².